The molecule has 1 aliphatic rings. The summed E-state index contributed by atoms with van der Waals surface area (Å²) in [7, 11) is 1.43. The summed E-state index contributed by atoms with van der Waals surface area (Å²) in [6.45, 7) is 0.293. The molecule has 1 aromatic carbocycles. The van der Waals surface area contributed by atoms with Crippen molar-refractivity contribution in [2.24, 2.45) is 0 Å². The lowest BCUT2D eigenvalue weighted by Gasteiger charge is -2.21. The van der Waals surface area contributed by atoms with Crippen LogP contribution in [0.2, 0.25) is 0 Å². The zero-order valence-electron chi connectivity index (χ0n) is 9.72. The fraction of sp³-hybridized carbons (Fsp3) is 0.333. The fourth-order valence-corrected chi connectivity index (χ4v) is 2.29. The average molecular weight is 270 g/mol. The summed E-state index contributed by atoms with van der Waals surface area (Å²) in [5.74, 6) is -0.939. The zero-order chi connectivity index (χ0) is 13.3. The van der Waals surface area contributed by atoms with E-state index in [0.717, 1.165) is 0 Å². The Bertz CT molecular complexity index is 503. The van der Waals surface area contributed by atoms with Crippen LogP contribution in [0, 0.1) is 0 Å². The van der Waals surface area contributed by atoms with Crippen molar-refractivity contribution in [2.75, 3.05) is 18.6 Å². The predicted molar refractivity (Wildman–Crippen MR) is 66.6 cm³/mol. The summed E-state index contributed by atoms with van der Waals surface area (Å²) in [6.07, 6.45) is 0.207. The van der Waals surface area contributed by atoms with Crippen LogP contribution in [0.15, 0.2) is 18.2 Å². The Kier molecular flexibility index (Phi) is 3.43. The second-order valence-electron chi connectivity index (χ2n) is 3.97. The number of anilines is 1. The third kappa shape index (κ3) is 2.13. The molecule has 1 unspecified atom stereocenters. The molecule has 1 fully saturated rings. The van der Waals surface area contributed by atoms with Crippen LogP contribution in [0.1, 0.15) is 16.8 Å². The Hall–Kier alpha value is -1.75. The maximum absolute atomic E-state index is 11.8. The standard InChI is InChI=1S/C12H12ClNO4/c1-18-9-4-2-3-8(12(16)17)11(9)14-6-7(13)5-10(14)15/h2-4,7H,5-6H2,1H3,(H,16,17). The molecule has 1 atom stereocenters. The summed E-state index contributed by atoms with van der Waals surface area (Å²) >= 11 is 5.93. The van der Waals surface area contributed by atoms with E-state index in [0.29, 0.717) is 12.3 Å². The quantitative estimate of drug-likeness (QED) is 0.849. The number of carboxylic acid groups (broad SMARTS) is 1. The zero-order valence-corrected chi connectivity index (χ0v) is 10.5. The molecule has 0 radical (unpaired) electrons. The molecule has 0 aromatic heterocycles. The van der Waals surface area contributed by atoms with Gasteiger partial charge >= 0.3 is 5.97 Å². The molecular weight excluding hydrogens is 258 g/mol. The smallest absolute Gasteiger partial charge is 0.337 e. The molecule has 0 aliphatic carbocycles. The lowest BCUT2D eigenvalue weighted by atomic mass is 10.1. The van der Waals surface area contributed by atoms with Gasteiger partial charge in [-0.05, 0) is 12.1 Å². The van der Waals surface area contributed by atoms with Crippen LogP contribution in [-0.2, 0) is 4.79 Å². The molecule has 6 heteroatoms. The Morgan fingerprint density at radius 3 is 2.78 bits per heavy atom. The summed E-state index contributed by atoms with van der Waals surface area (Å²) in [5, 5.41) is 8.87. The van der Waals surface area contributed by atoms with Crippen LogP contribution in [0.5, 0.6) is 5.75 Å². The first-order valence-electron chi connectivity index (χ1n) is 5.39. The van der Waals surface area contributed by atoms with Gasteiger partial charge in [-0.3, -0.25) is 4.79 Å². The number of ether oxygens (including phenoxy) is 1. The van der Waals surface area contributed by atoms with Crippen LogP contribution in [0.25, 0.3) is 0 Å². The van der Waals surface area contributed by atoms with Gasteiger partial charge in [0.25, 0.3) is 0 Å². The van der Waals surface area contributed by atoms with Gasteiger partial charge in [-0.15, -0.1) is 11.6 Å². The molecule has 0 spiro atoms. The van der Waals surface area contributed by atoms with Gasteiger partial charge in [0.05, 0.1) is 18.1 Å². The first kappa shape index (κ1) is 12.7. The van der Waals surface area contributed by atoms with E-state index in [2.05, 4.69) is 0 Å². The lowest BCUT2D eigenvalue weighted by Crippen LogP contribution is -2.27. The van der Waals surface area contributed by atoms with E-state index in [-0.39, 0.29) is 29.0 Å². The molecule has 0 saturated carbocycles. The molecule has 2 rings (SSSR count). The molecule has 0 bridgehead atoms. The SMILES string of the molecule is COc1cccc(C(=O)O)c1N1CC(Cl)CC1=O. The van der Waals surface area contributed by atoms with Crippen molar-refractivity contribution in [1.29, 1.82) is 0 Å². The summed E-state index contributed by atoms with van der Waals surface area (Å²) in [4.78, 5) is 24.4. The van der Waals surface area contributed by atoms with E-state index in [1.54, 1.807) is 12.1 Å². The van der Waals surface area contributed by atoms with Crippen molar-refractivity contribution in [1.82, 2.24) is 0 Å². The monoisotopic (exact) mass is 269 g/mol. The molecule has 1 aromatic rings. The van der Waals surface area contributed by atoms with Gasteiger partial charge in [0, 0.05) is 13.0 Å². The van der Waals surface area contributed by atoms with E-state index in [1.165, 1.54) is 18.1 Å². The Morgan fingerprint density at radius 2 is 2.28 bits per heavy atom. The van der Waals surface area contributed by atoms with Crippen LogP contribution >= 0.6 is 11.6 Å². The van der Waals surface area contributed by atoms with E-state index in [9.17, 15) is 14.7 Å². The number of benzene rings is 1. The van der Waals surface area contributed by atoms with E-state index in [4.69, 9.17) is 16.3 Å². The van der Waals surface area contributed by atoms with Gasteiger partial charge in [-0.1, -0.05) is 6.07 Å². The molecule has 1 heterocycles. The van der Waals surface area contributed by atoms with Crippen molar-refractivity contribution < 1.29 is 19.4 Å². The number of hydrogen-bond donors (Lipinski definition) is 1. The highest BCUT2D eigenvalue weighted by Gasteiger charge is 2.33. The maximum atomic E-state index is 11.8. The fourth-order valence-electron chi connectivity index (χ4n) is 2.02. The summed E-state index contributed by atoms with van der Waals surface area (Å²) < 4.78 is 5.13. The predicted octanol–water partition coefficient (Wildman–Crippen LogP) is 1.74. The molecule has 96 valence electrons. The number of alkyl halides is 1. The molecular formula is C12H12ClNO4. The Morgan fingerprint density at radius 1 is 1.56 bits per heavy atom. The second kappa shape index (κ2) is 4.86. The van der Waals surface area contributed by atoms with E-state index >= 15 is 0 Å². The van der Waals surface area contributed by atoms with Gasteiger partial charge in [-0.25, -0.2) is 4.79 Å². The number of aromatic carboxylic acids is 1. The van der Waals surface area contributed by atoms with Crippen molar-refractivity contribution >= 4 is 29.2 Å². The summed E-state index contributed by atoms with van der Waals surface area (Å²) in [6, 6.07) is 4.64. The van der Waals surface area contributed by atoms with Gasteiger partial charge in [-0.2, -0.15) is 0 Å². The molecule has 5 nitrogen and oxygen atoms in total. The third-order valence-electron chi connectivity index (χ3n) is 2.80. The van der Waals surface area contributed by atoms with Gasteiger partial charge in [0.1, 0.15) is 11.4 Å². The van der Waals surface area contributed by atoms with Crippen molar-refractivity contribution in [3.05, 3.63) is 23.8 Å². The Labute approximate surface area is 109 Å². The minimum absolute atomic E-state index is 0.0356. The van der Waals surface area contributed by atoms with Crippen molar-refractivity contribution in [2.45, 2.75) is 11.8 Å². The third-order valence-corrected chi connectivity index (χ3v) is 3.09. The highest BCUT2D eigenvalue weighted by molar-refractivity contribution is 6.24. The van der Waals surface area contributed by atoms with E-state index in [1.807, 2.05) is 0 Å². The maximum Gasteiger partial charge on any atom is 0.337 e. The minimum Gasteiger partial charge on any atom is -0.495 e. The average Bonchev–Trinajstić information content (AvgIpc) is 2.67. The number of para-hydroxylation sites is 1. The number of carbonyl (C=O) groups excluding carboxylic acids is 1. The molecule has 1 N–H and O–H groups in total. The lowest BCUT2D eigenvalue weighted by molar-refractivity contribution is -0.117. The topological polar surface area (TPSA) is 66.8 Å². The molecule has 1 saturated heterocycles. The van der Waals surface area contributed by atoms with Gasteiger partial charge in [0.2, 0.25) is 5.91 Å². The number of halogens is 1. The van der Waals surface area contributed by atoms with E-state index < -0.39 is 5.97 Å². The second-order valence-corrected chi connectivity index (χ2v) is 4.58. The van der Waals surface area contributed by atoms with Crippen LogP contribution < -0.4 is 9.64 Å². The largest absolute Gasteiger partial charge is 0.495 e. The first-order chi connectivity index (χ1) is 8.54. The Balaban J connectivity index is 2.54. The number of hydrogen-bond acceptors (Lipinski definition) is 3. The van der Waals surface area contributed by atoms with Gasteiger partial charge < -0.3 is 14.7 Å². The highest BCUT2D eigenvalue weighted by Crippen LogP contribution is 2.35. The first-order valence-corrected chi connectivity index (χ1v) is 5.83. The number of methoxy groups -OCH3 is 1. The highest BCUT2D eigenvalue weighted by atomic mass is 35.5. The van der Waals surface area contributed by atoms with Crippen LogP contribution in [0.3, 0.4) is 0 Å². The molecule has 1 amide bonds. The minimum atomic E-state index is -1.10. The summed E-state index contributed by atoms with van der Waals surface area (Å²) in [5.41, 5.74) is 0.314. The van der Waals surface area contributed by atoms with Crippen LogP contribution in [-0.4, -0.2) is 36.0 Å². The van der Waals surface area contributed by atoms with Crippen LogP contribution in [0.4, 0.5) is 5.69 Å². The number of amides is 1. The molecule has 18 heavy (non-hydrogen) atoms. The normalized spacial score (nSPS) is 19.1. The number of carboxylic acids is 1. The van der Waals surface area contributed by atoms with Crippen molar-refractivity contribution in [3.8, 4) is 5.75 Å². The van der Waals surface area contributed by atoms with Gasteiger partial charge in [0.15, 0.2) is 0 Å². The number of nitrogens with zero attached hydrogens (tertiary/aromatic N) is 1. The number of rotatable bonds is 3. The molecule has 1 aliphatic heterocycles. The number of carbonyl (C=O) groups is 2. The van der Waals surface area contributed by atoms with Crippen molar-refractivity contribution in [3.63, 3.8) is 0 Å².